The van der Waals surface area contributed by atoms with Crippen LogP contribution in [0, 0.1) is 24.1 Å². The maximum absolute atomic E-state index is 12.8. The zero-order valence-corrected chi connectivity index (χ0v) is 47.5. The first-order valence-corrected chi connectivity index (χ1v) is 25.9. The number of aryl methyl sites for hydroxylation is 1. The van der Waals surface area contributed by atoms with Gasteiger partial charge in [0.15, 0.2) is 0 Å². The summed E-state index contributed by atoms with van der Waals surface area (Å²) in [6, 6.07) is 48.9. The SMILES string of the molecule is CC(C)c1ccccc1C#N.CC(C)c1ccccc1C(F)(F)F.CC(C)c1ccccc1Cl.CC(C)c1ccccc1F.CC(C)c1ncccn1.COc1ccccc1C(C)C.Cc1ccccc1C(C)C. The number of benzene rings is 6. The van der Waals surface area contributed by atoms with E-state index in [0.717, 1.165) is 39.4 Å². The second-order valence-corrected chi connectivity index (χ2v) is 20.0. The van der Waals surface area contributed by atoms with Crippen LogP contribution in [-0.2, 0) is 6.18 Å². The monoisotopic (exact) mass is 1030 g/mol. The van der Waals surface area contributed by atoms with E-state index in [-0.39, 0.29) is 17.7 Å². The molecule has 0 aliphatic heterocycles. The lowest BCUT2D eigenvalue weighted by Crippen LogP contribution is -2.09. The van der Waals surface area contributed by atoms with Crippen molar-refractivity contribution in [2.45, 2.75) is 151 Å². The summed E-state index contributed by atoms with van der Waals surface area (Å²) < 4.78 is 55.3. The van der Waals surface area contributed by atoms with E-state index in [1.54, 1.807) is 45.5 Å². The molecular formula is C65H82ClF4N3O. The number of hydrogen-bond acceptors (Lipinski definition) is 4. The van der Waals surface area contributed by atoms with Gasteiger partial charge in [-0.1, -0.05) is 224 Å². The Labute approximate surface area is 448 Å². The van der Waals surface area contributed by atoms with Gasteiger partial charge in [0.2, 0.25) is 0 Å². The van der Waals surface area contributed by atoms with Crippen LogP contribution in [0.5, 0.6) is 5.75 Å². The van der Waals surface area contributed by atoms with E-state index in [1.807, 2.05) is 92.7 Å². The van der Waals surface area contributed by atoms with Crippen molar-refractivity contribution in [2.24, 2.45) is 0 Å². The molecular weight excluding hydrogens is 950 g/mol. The van der Waals surface area contributed by atoms with Crippen LogP contribution < -0.4 is 4.74 Å². The molecule has 0 saturated heterocycles. The molecule has 7 aromatic rings. The van der Waals surface area contributed by atoms with Crippen LogP contribution in [0.2, 0.25) is 5.02 Å². The molecule has 398 valence electrons. The minimum Gasteiger partial charge on any atom is -0.496 e. The van der Waals surface area contributed by atoms with E-state index in [0.29, 0.717) is 35.2 Å². The van der Waals surface area contributed by atoms with Gasteiger partial charge in [-0.05, 0) is 118 Å². The number of ether oxygens (including phenoxy) is 1. The van der Waals surface area contributed by atoms with Crippen LogP contribution >= 0.6 is 11.6 Å². The average molecular weight is 1030 g/mol. The third kappa shape index (κ3) is 24.6. The Hall–Kier alpha value is -6.30. The van der Waals surface area contributed by atoms with E-state index in [1.165, 1.54) is 40.5 Å². The third-order valence-corrected chi connectivity index (χ3v) is 11.7. The summed E-state index contributed by atoms with van der Waals surface area (Å²) in [5.74, 6) is 4.56. The van der Waals surface area contributed by atoms with Crippen molar-refractivity contribution in [1.29, 1.82) is 5.26 Å². The van der Waals surface area contributed by atoms with Crippen LogP contribution in [0.25, 0.3) is 0 Å². The van der Waals surface area contributed by atoms with E-state index >= 15 is 0 Å². The number of rotatable bonds is 8. The highest BCUT2D eigenvalue weighted by molar-refractivity contribution is 6.31. The summed E-state index contributed by atoms with van der Waals surface area (Å²) in [6.45, 7) is 31.0. The molecule has 4 nitrogen and oxygen atoms in total. The van der Waals surface area contributed by atoms with Crippen molar-refractivity contribution in [3.8, 4) is 11.8 Å². The second-order valence-electron chi connectivity index (χ2n) is 19.6. The first kappa shape index (κ1) is 65.7. The first-order chi connectivity index (χ1) is 34.9. The molecule has 9 heteroatoms. The molecule has 0 radical (unpaired) electrons. The third-order valence-electron chi connectivity index (χ3n) is 11.3. The maximum atomic E-state index is 12.8. The Morgan fingerprint density at radius 2 is 0.851 bits per heavy atom. The van der Waals surface area contributed by atoms with E-state index in [9.17, 15) is 17.6 Å². The number of nitrogens with zero attached hydrogens (tertiary/aromatic N) is 3. The highest BCUT2D eigenvalue weighted by Crippen LogP contribution is 2.35. The summed E-state index contributed by atoms with van der Waals surface area (Å²) in [4.78, 5) is 8.13. The van der Waals surface area contributed by atoms with Crippen molar-refractivity contribution in [2.75, 3.05) is 7.11 Å². The minimum atomic E-state index is -4.24. The predicted molar refractivity (Wildman–Crippen MR) is 305 cm³/mol. The number of methoxy groups -OCH3 is 1. The van der Waals surface area contributed by atoms with Crippen molar-refractivity contribution < 1.29 is 22.3 Å². The van der Waals surface area contributed by atoms with Gasteiger partial charge in [0.1, 0.15) is 17.4 Å². The molecule has 1 heterocycles. The summed E-state index contributed by atoms with van der Waals surface area (Å²) in [5.41, 5.74) is 7.92. The molecule has 7 rings (SSSR count). The number of halogens is 5. The van der Waals surface area contributed by atoms with Crippen LogP contribution in [-0.4, -0.2) is 17.1 Å². The predicted octanol–water partition coefficient (Wildman–Crippen LogP) is 20.5. The molecule has 1 aromatic heterocycles. The first-order valence-electron chi connectivity index (χ1n) is 25.5. The Balaban J connectivity index is 0.000000433. The van der Waals surface area contributed by atoms with E-state index in [4.69, 9.17) is 21.6 Å². The number of hydrogen-bond donors (Lipinski definition) is 0. The quantitative estimate of drug-likeness (QED) is 0.142. The van der Waals surface area contributed by atoms with Gasteiger partial charge in [0.25, 0.3) is 0 Å². The van der Waals surface area contributed by atoms with Crippen molar-refractivity contribution in [1.82, 2.24) is 9.97 Å². The largest absolute Gasteiger partial charge is 0.496 e. The minimum absolute atomic E-state index is 0.0992. The normalized spacial score (nSPS) is 10.5. The topological polar surface area (TPSA) is 58.8 Å². The number of alkyl halides is 3. The molecule has 0 amide bonds. The number of para-hydroxylation sites is 1. The Bertz CT molecular complexity index is 2530. The zero-order chi connectivity index (χ0) is 56.0. The molecule has 0 unspecified atom stereocenters. The molecule has 0 atom stereocenters. The molecule has 0 N–H and O–H groups in total. The Morgan fingerprint density at radius 3 is 1.19 bits per heavy atom. The molecule has 0 saturated carbocycles. The molecule has 0 aliphatic rings. The van der Waals surface area contributed by atoms with Crippen LogP contribution in [0.1, 0.15) is 194 Å². The van der Waals surface area contributed by atoms with Gasteiger partial charge >= 0.3 is 6.18 Å². The molecule has 0 bridgehead atoms. The average Bonchev–Trinajstić information content (AvgIpc) is 3.37. The van der Waals surface area contributed by atoms with Crippen LogP contribution in [0.4, 0.5) is 17.6 Å². The number of nitriles is 1. The van der Waals surface area contributed by atoms with Gasteiger partial charge in [0, 0.05) is 23.3 Å². The van der Waals surface area contributed by atoms with Crippen LogP contribution in [0.3, 0.4) is 0 Å². The van der Waals surface area contributed by atoms with Gasteiger partial charge < -0.3 is 4.74 Å². The zero-order valence-electron chi connectivity index (χ0n) is 46.8. The molecule has 74 heavy (non-hydrogen) atoms. The lowest BCUT2D eigenvalue weighted by atomic mass is 9.97. The molecule has 0 fully saturated rings. The molecule has 0 spiro atoms. The summed E-state index contributed by atoms with van der Waals surface area (Å²) >= 11 is 5.92. The smallest absolute Gasteiger partial charge is 0.416 e. The lowest BCUT2D eigenvalue weighted by molar-refractivity contribution is -0.138. The number of aromatic nitrogens is 2. The van der Waals surface area contributed by atoms with Crippen molar-refractivity contribution in [3.05, 3.63) is 231 Å². The highest BCUT2D eigenvalue weighted by atomic mass is 35.5. The fourth-order valence-corrected chi connectivity index (χ4v) is 7.59. The Morgan fingerprint density at radius 1 is 0.459 bits per heavy atom. The van der Waals surface area contributed by atoms with Crippen molar-refractivity contribution in [3.63, 3.8) is 0 Å². The van der Waals surface area contributed by atoms with Gasteiger partial charge in [-0.2, -0.15) is 18.4 Å². The maximum Gasteiger partial charge on any atom is 0.416 e. The molecule has 0 aliphatic carbocycles. The second kappa shape index (κ2) is 35.0. The fourth-order valence-electron chi connectivity index (χ4n) is 7.23. The van der Waals surface area contributed by atoms with Gasteiger partial charge in [0.05, 0.1) is 24.3 Å². The van der Waals surface area contributed by atoms with Gasteiger partial charge in [-0.15, -0.1) is 0 Å². The van der Waals surface area contributed by atoms with E-state index in [2.05, 4.69) is 129 Å². The van der Waals surface area contributed by atoms with Gasteiger partial charge in [-0.3, -0.25) is 0 Å². The fraction of sp³-hybridized carbons (Fsp3) is 0.369. The highest BCUT2D eigenvalue weighted by Gasteiger charge is 2.33. The molecule has 6 aromatic carbocycles. The van der Waals surface area contributed by atoms with Crippen molar-refractivity contribution >= 4 is 11.6 Å². The summed E-state index contributed by atoms with van der Waals surface area (Å²) in [7, 11) is 1.71. The Kier molecular flexibility index (Phi) is 31.1. The summed E-state index contributed by atoms with van der Waals surface area (Å²) in [6.07, 6.45) is -0.703. The summed E-state index contributed by atoms with van der Waals surface area (Å²) in [5, 5.41) is 9.59. The standard InChI is InChI=1S/C10H11F3.C10H11N.C10H14O.C10H14.C9H11Cl.C9H11F.C7H10N2/c1-7(2)8-5-3-4-6-9(8)10(11,12)13;1-8(2)10-6-4-3-5-9(10)7-11;1-8(2)9-6-4-5-7-10(9)11-3;1-8(2)10-7-5-4-6-9(10)3;2*1-7(2)8-5-3-4-6-9(8)10;1-6(2)7-8-4-3-5-9-7/h3-7H,1-2H3;3-6,8H,1-2H3;4-8H,1-3H3;4-8H,1-3H3;2*3-7H,1-2H3;3-6H,1-2H3. The van der Waals surface area contributed by atoms with Crippen LogP contribution in [0.15, 0.2) is 164 Å². The van der Waals surface area contributed by atoms with E-state index < -0.39 is 11.7 Å². The van der Waals surface area contributed by atoms with Gasteiger partial charge in [-0.25, -0.2) is 14.4 Å². The lowest BCUT2D eigenvalue weighted by Gasteiger charge is -2.14.